The molecule has 2 rings (SSSR count). The number of hydrogen-bond acceptors (Lipinski definition) is 3. The SMILES string of the molecule is CCCC[C@@H](CC)COc1ccc(B2OC(C)(C)C(C)(C)O2)cc1. The van der Waals surface area contributed by atoms with Crippen molar-refractivity contribution >= 4 is 12.6 Å². The molecule has 3 nitrogen and oxygen atoms in total. The van der Waals surface area contributed by atoms with Gasteiger partial charge in [0.1, 0.15) is 5.75 Å². The minimum absolute atomic E-state index is 0.305. The zero-order valence-electron chi connectivity index (χ0n) is 16.2. The van der Waals surface area contributed by atoms with Crippen LogP contribution in [0, 0.1) is 5.92 Å². The Hall–Kier alpha value is -0.995. The highest BCUT2D eigenvalue weighted by Crippen LogP contribution is 2.36. The first-order valence-corrected chi connectivity index (χ1v) is 9.37. The van der Waals surface area contributed by atoms with Gasteiger partial charge in [-0.05, 0) is 57.6 Å². The Bertz CT molecular complexity index is 494. The van der Waals surface area contributed by atoms with Crippen LogP contribution in [-0.4, -0.2) is 24.9 Å². The third kappa shape index (κ3) is 4.55. The van der Waals surface area contributed by atoms with Crippen LogP contribution < -0.4 is 10.2 Å². The van der Waals surface area contributed by atoms with E-state index in [9.17, 15) is 0 Å². The van der Waals surface area contributed by atoms with E-state index < -0.39 is 0 Å². The molecule has 1 aliphatic heterocycles. The fourth-order valence-corrected chi connectivity index (χ4v) is 2.81. The molecule has 0 aliphatic carbocycles. The van der Waals surface area contributed by atoms with Crippen LogP contribution in [0.25, 0.3) is 0 Å². The summed E-state index contributed by atoms with van der Waals surface area (Å²) in [6.45, 7) is 13.6. The molecule has 1 aromatic rings. The largest absolute Gasteiger partial charge is 0.494 e. The molecule has 24 heavy (non-hydrogen) atoms. The van der Waals surface area contributed by atoms with Crippen LogP contribution in [0.3, 0.4) is 0 Å². The van der Waals surface area contributed by atoms with Crippen molar-refractivity contribution in [1.29, 1.82) is 0 Å². The van der Waals surface area contributed by atoms with Crippen molar-refractivity contribution in [1.82, 2.24) is 0 Å². The van der Waals surface area contributed by atoms with Gasteiger partial charge in [0.2, 0.25) is 0 Å². The van der Waals surface area contributed by atoms with E-state index in [2.05, 4.69) is 41.5 Å². The van der Waals surface area contributed by atoms with E-state index in [0.717, 1.165) is 17.8 Å². The minimum Gasteiger partial charge on any atom is -0.493 e. The molecule has 1 heterocycles. The van der Waals surface area contributed by atoms with Crippen molar-refractivity contribution < 1.29 is 14.0 Å². The van der Waals surface area contributed by atoms with Crippen molar-refractivity contribution in [2.75, 3.05) is 6.61 Å². The van der Waals surface area contributed by atoms with Crippen LogP contribution in [-0.2, 0) is 9.31 Å². The first kappa shape index (κ1) is 19.3. The first-order chi connectivity index (χ1) is 11.3. The molecule has 1 atom stereocenters. The molecule has 0 saturated carbocycles. The molecule has 1 fully saturated rings. The molecule has 0 radical (unpaired) electrons. The molecule has 0 amide bonds. The molecule has 134 valence electrons. The van der Waals surface area contributed by atoms with Gasteiger partial charge in [-0.3, -0.25) is 0 Å². The van der Waals surface area contributed by atoms with Crippen LogP contribution in [0.4, 0.5) is 0 Å². The van der Waals surface area contributed by atoms with Gasteiger partial charge in [0, 0.05) is 0 Å². The Balaban J connectivity index is 1.92. The van der Waals surface area contributed by atoms with Crippen molar-refractivity contribution in [2.45, 2.75) is 78.4 Å². The Kier molecular flexibility index (Phi) is 6.38. The molecule has 0 N–H and O–H groups in total. The molecule has 1 aliphatic rings. The van der Waals surface area contributed by atoms with E-state index in [1.54, 1.807) is 0 Å². The summed E-state index contributed by atoms with van der Waals surface area (Å²) in [6.07, 6.45) is 4.95. The van der Waals surface area contributed by atoms with Gasteiger partial charge < -0.3 is 14.0 Å². The van der Waals surface area contributed by atoms with Crippen molar-refractivity contribution in [3.8, 4) is 5.75 Å². The Labute approximate surface area is 148 Å². The summed E-state index contributed by atoms with van der Waals surface area (Å²) in [5, 5.41) is 0. The van der Waals surface area contributed by atoms with Crippen molar-refractivity contribution in [3.05, 3.63) is 24.3 Å². The molecular formula is C20H33BO3. The number of rotatable bonds is 8. The predicted molar refractivity (Wildman–Crippen MR) is 101 cm³/mol. The Morgan fingerprint density at radius 1 is 1.00 bits per heavy atom. The lowest BCUT2D eigenvalue weighted by molar-refractivity contribution is 0.00578. The highest BCUT2D eigenvalue weighted by Gasteiger charge is 2.51. The van der Waals surface area contributed by atoms with E-state index in [1.165, 1.54) is 25.7 Å². The lowest BCUT2D eigenvalue weighted by Gasteiger charge is -2.32. The van der Waals surface area contributed by atoms with Gasteiger partial charge in [-0.25, -0.2) is 0 Å². The summed E-state index contributed by atoms with van der Waals surface area (Å²) in [4.78, 5) is 0. The molecule has 0 aromatic heterocycles. The van der Waals surface area contributed by atoms with Gasteiger partial charge in [0.25, 0.3) is 0 Å². The fourth-order valence-electron chi connectivity index (χ4n) is 2.81. The van der Waals surface area contributed by atoms with Crippen LogP contribution in [0.2, 0.25) is 0 Å². The monoisotopic (exact) mass is 332 g/mol. The first-order valence-electron chi connectivity index (χ1n) is 9.37. The molecule has 0 spiro atoms. The molecule has 0 bridgehead atoms. The predicted octanol–water partition coefficient (Wildman–Crippen LogP) is 4.58. The van der Waals surface area contributed by atoms with Gasteiger partial charge in [-0.15, -0.1) is 0 Å². The summed E-state index contributed by atoms with van der Waals surface area (Å²) in [5.74, 6) is 1.57. The van der Waals surface area contributed by atoms with E-state index in [4.69, 9.17) is 14.0 Å². The summed E-state index contributed by atoms with van der Waals surface area (Å²) < 4.78 is 18.1. The van der Waals surface area contributed by atoms with Crippen LogP contribution in [0.5, 0.6) is 5.75 Å². The van der Waals surface area contributed by atoms with Crippen LogP contribution >= 0.6 is 0 Å². The number of ether oxygens (including phenoxy) is 1. The second kappa shape index (κ2) is 7.92. The highest BCUT2D eigenvalue weighted by atomic mass is 16.7. The lowest BCUT2D eigenvalue weighted by Crippen LogP contribution is -2.41. The van der Waals surface area contributed by atoms with Crippen molar-refractivity contribution in [2.24, 2.45) is 5.92 Å². The topological polar surface area (TPSA) is 27.7 Å². The van der Waals surface area contributed by atoms with Gasteiger partial charge in [0.15, 0.2) is 0 Å². The average molecular weight is 332 g/mol. The number of hydrogen-bond donors (Lipinski definition) is 0. The molecule has 4 heteroatoms. The summed E-state index contributed by atoms with van der Waals surface area (Å²) in [5.41, 5.74) is 0.431. The normalized spacial score (nSPS) is 20.2. The maximum absolute atomic E-state index is 6.09. The second-order valence-corrected chi connectivity index (χ2v) is 7.88. The van der Waals surface area contributed by atoms with Crippen LogP contribution in [0.15, 0.2) is 24.3 Å². The molecule has 1 saturated heterocycles. The smallest absolute Gasteiger partial charge is 0.493 e. The lowest BCUT2D eigenvalue weighted by atomic mass is 9.79. The average Bonchev–Trinajstić information content (AvgIpc) is 2.76. The fraction of sp³-hybridized carbons (Fsp3) is 0.700. The summed E-state index contributed by atoms with van der Waals surface area (Å²) in [7, 11) is -0.308. The second-order valence-electron chi connectivity index (χ2n) is 7.88. The molecular weight excluding hydrogens is 299 g/mol. The molecule has 0 unspecified atom stereocenters. The Morgan fingerprint density at radius 2 is 1.58 bits per heavy atom. The summed E-state index contributed by atoms with van der Waals surface area (Å²) >= 11 is 0. The number of unbranched alkanes of at least 4 members (excludes halogenated alkanes) is 1. The van der Waals surface area contributed by atoms with Crippen LogP contribution in [0.1, 0.15) is 67.2 Å². The maximum Gasteiger partial charge on any atom is 0.494 e. The quantitative estimate of drug-likeness (QED) is 0.652. The van der Waals surface area contributed by atoms with E-state index in [1.807, 2.05) is 24.3 Å². The van der Waals surface area contributed by atoms with E-state index >= 15 is 0 Å². The van der Waals surface area contributed by atoms with Gasteiger partial charge >= 0.3 is 7.12 Å². The zero-order chi connectivity index (χ0) is 17.8. The van der Waals surface area contributed by atoms with E-state index in [0.29, 0.717) is 5.92 Å². The summed E-state index contributed by atoms with van der Waals surface area (Å²) in [6, 6.07) is 8.13. The molecule has 1 aromatic carbocycles. The third-order valence-corrected chi connectivity index (χ3v) is 5.43. The maximum atomic E-state index is 6.09. The zero-order valence-corrected chi connectivity index (χ0v) is 16.2. The third-order valence-electron chi connectivity index (χ3n) is 5.43. The highest BCUT2D eigenvalue weighted by molar-refractivity contribution is 6.62. The van der Waals surface area contributed by atoms with E-state index in [-0.39, 0.29) is 18.3 Å². The minimum atomic E-state index is -0.308. The van der Waals surface area contributed by atoms with Gasteiger partial charge in [-0.2, -0.15) is 0 Å². The Morgan fingerprint density at radius 3 is 2.08 bits per heavy atom. The standard InChI is InChI=1S/C20H33BO3/c1-7-9-10-16(8-2)15-22-18-13-11-17(12-14-18)21-23-19(3,4)20(5,6)24-21/h11-14,16H,7-10,15H2,1-6H3/t16-/m1/s1. The van der Waals surface area contributed by atoms with Gasteiger partial charge in [0.05, 0.1) is 17.8 Å². The number of benzene rings is 1. The van der Waals surface area contributed by atoms with Crippen molar-refractivity contribution in [3.63, 3.8) is 0 Å². The van der Waals surface area contributed by atoms with Gasteiger partial charge in [-0.1, -0.05) is 45.2 Å².